The van der Waals surface area contributed by atoms with Gasteiger partial charge in [-0.3, -0.25) is 0 Å². The highest BCUT2D eigenvalue weighted by molar-refractivity contribution is 6.31. The molecule has 0 fully saturated rings. The zero-order chi connectivity index (χ0) is 15.6. The molecule has 0 radical (unpaired) electrons. The highest BCUT2D eigenvalue weighted by atomic mass is 35.5. The molecule has 0 aliphatic rings. The number of nitrogens with zero attached hydrogens (tertiary/aromatic N) is 1. The lowest BCUT2D eigenvalue weighted by Crippen LogP contribution is -2.18. The molecule has 0 heterocycles. The van der Waals surface area contributed by atoms with Crippen molar-refractivity contribution >= 4 is 28.9 Å². The Morgan fingerprint density at radius 1 is 1.33 bits per heavy atom. The van der Waals surface area contributed by atoms with Gasteiger partial charge >= 0.3 is 5.97 Å². The largest absolute Gasteiger partial charge is 0.478 e. The third-order valence-corrected chi connectivity index (χ3v) is 3.78. The monoisotopic (exact) mass is 304 g/mol. The van der Waals surface area contributed by atoms with E-state index in [0.717, 1.165) is 16.8 Å². The lowest BCUT2D eigenvalue weighted by molar-refractivity contribution is 0.0698. The molecule has 21 heavy (non-hydrogen) atoms. The quantitative estimate of drug-likeness (QED) is 0.848. The average molecular weight is 305 g/mol. The van der Waals surface area contributed by atoms with Gasteiger partial charge in [0.25, 0.3) is 0 Å². The lowest BCUT2D eigenvalue weighted by Gasteiger charge is -2.22. The van der Waals surface area contributed by atoms with Crippen LogP contribution in [0.5, 0.6) is 0 Å². The predicted molar refractivity (Wildman–Crippen MR) is 86.1 cm³/mol. The van der Waals surface area contributed by atoms with E-state index in [4.69, 9.17) is 17.3 Å². The van der Waals surface area contributed by atoms with Crippen molar-refractivity contribution in [2.75, 3.05) is 17.7 Å². The Kier molecular flexibility index (Phi) is 4.38. The Morgan fingerprint density at radius 3 is 2.62 bits per heavy atom. The summed E-state index contributed by atoms with van der Waals surface area (Å²) < 4.78 is 0. The van der Waals surface area contributed by atoms with E-state index in [1.165, 1.54) is 0 Å². The Labute approximate surface area is 128 Å². The number of anilines is 2. The number of carbonyl (C=O) groups is 1. The van der Waals surface area contributed by atoms with E-state index in [9.17, 15) is 9.90 Å². The third kappa shape index (κ3) is 3.28. The van der Waals surface area contributed by atoms with Gasteiger partial charge in [-0.25, -0.2) is 4.79 Å². The predicted octanol–water partition coefficient (Wildman–Crippen LogP) is 3.57. The van der Waals surface area contributed by atoms with Crippen molar-refractivity contribution in [3.05, 3.63) is 58.1 Å². The maximum Gasteiger partial charge on any atom is 0.337 e. The molecule has 0 unspecified atom stereocenters. The summed E-state index contributed by atoms with van der Waals surface area (Å²) in [5.74, 6) is -1.02. The minimum absolute atomic E-state index is 0.121. The Balaban J connectivity index is 2.34. The van der Waals surface area contributed by atoms with Crippen molar-refractivity contribution in [2.24, 2.45) is 0 Å². The van der Waals surface area contributed by atoms with Crippen molar-refractivity contribution in [2.45, 2.75) is 13.5 Å². The second-order valence-electron chi connectivity index (χ2n) is 4.98. The SMILES string of the molecule is Cc1cc(N(C)Cc2ccccc2Cl)cc(C(=O)O)c1N. The summed E-state index contributed by atoms with van der Waals surface area (Å²) >= 11 is 6.15. The molecule has 0 saturated heterocycles. The number of halogens is 1. The lowest BCUT2D eigenvalue weighted by atomic mass is 10.1. The number of nitrogens with two attached hydrogens (primary N) is 1. The standard InChI is InChI=1S/C16H17ClN2O2/c1-10-7-12(8-13(15(10)18)16(20)21)19(2)9-11-5-3-4-6-14(11)17/h3-8H,9,18H2,1-2H3,(H,20,21). The fraction of sp³-hybridized carbons (Fsp3) is 0.188. The molecular weight excluding hydrogens is 288 g/mol. The van der Waals surface area contributed by atoms with Crippen LogP contribution in [0.25, 0.3) is 0 Å². The highest BCUT2D eigenvalue weighted by Gasteiger charge is 2.14. The van der Waals surface area contributed by atoms with Crippen LogP contribution >= 0.6 is 11.6 Å². The second-order valence-corrected chi connectivity index (χ2v) is 5.38. The Bertz CT molecular complexity index is 686. The number of hydrogen-bond donors (Lipinski definition) is 2. The van der Waals surface area contributed by atoms with Gasteiger partial charge < -0.3 is 15.7 Å². The van der Waals surface area contributed by atoms with Gasteiger partial charge in [0.2, 0.25) is 0 Å². The molecule has 0 aromatic heterocycles. The highest BCUT2D eigenvalue weighted by Crippen LogP contribution is 2.27. The number of benzene rings is 2. The topological polar surface area (TPSA) is 66.6 Å². The summed E-state index contributed by atoms with van der Waals surface area (Å²) in [5.41, 5.74) is 8.75. The molecule has 0 aliphatic heterocycles. The van der Waals surface area contributed by atoms with Crippen LogP contribution < -0.4 is 10.6 Å². The first-order valence-corrected chi connectivity index (χ1v) is 6.86. The maximum absolute atomic E-state index is 11.2. The summed E-state index contributed by atoms with van der Waals surface area (Å²) in [7, 11) is 1.89. The molecule has 0 spiro atoms. The molecule has 0 amide bonds. The van der Waals surface area contributed by atoms with Gasteiger partial charge in [0.1, 0.15) is 0 Å². The third-order valence-electron chi connectivity index (χ3n) is 3.41. The van der Waals surface area contributed by atoms with Gasteiger partial charge in [0, 0.05) is 30.0 Å². The maximum atomic E-state index is 11.2. The molecule has 0 atom stereocenters. The molecule has 2 rings (SSSR count). The van der Waals surface area contributed by atoms with Crippen LogP contribution in [0, 0.1) is 6.92 Å². The summed E-state index contributed by atoms with van der Waals surface area (Å²) in [6, 6.07) is 11.0. The minimum atomic E-state index is -1.02. The first-order valence-electron chi connectivity index (χ1n) is 6.48. The average Bonchev–Trinajstić information content (AvgIpc) is 2.43. The van der Waals surface area contributed by atoms with E-state index < -0.39 is 5.97 Å². The molecule has 0 bridgehead atoms. The molecule has 0 saturated carbocycles. The number of aryl methyl sites for hydroxylation is 1. The van der Waals surface area contributed by atoms with E-state index in [2.05, 4.69) is 0 Å². The molecule has 3 N–H and O–H groups in total. The smallest absolute Gasteiger partial charge is 0.337 e. The number of nitrogen functional groups attached to an aromatic ring is 1. The first kappa shape index (κ1) is 15.2. The van der Waals surface area contributed by atoms with Crippen molar-refractivity contribution in [3.63, 3.8) is 0 Å². The molecule has 0 aliphatic carbocycles. The zero-order valence-electron chi connectivity index (χ0n) is 11.9. The van der Waals surface area contributed by atoms with Crippen molar-refractivity contribution < 1.29 is 9.90 Å². The van der Waals surface area contributed by atoms with Gasteiger partial charge in [-0.1, -0.05) is 29.8 Å². The number of hydrogen-bond acceptors (Lipinski definition) is 3. The van der Waals surface area contributed by atoms with Crippen LogP contribution in [0.4, 0.5) is 11.4 Å². The van der Waals surface area contributed by atoms with Gasteiger partial charge in [-0.2, -0.15) is 0 Å². The Hall–Kier alpha value is -2.20. The van der Waals surface area contributed by atoms with E-state index in [-0.39, 0.29) is 5.56 Å². The molecular formula is C16H17ClN2O2. The first-order chi connectivity index (χ1) is 9.90. The van der Waals surface area contributed by atoms with Gasteiger partial charge in [-0.15, -0.1) is 0 Å². The van der Waals surface area contributed by atoms with Crippen LogP contribution in [0.3, 0.4) is 0 Å². The van der Waals surface area contributed by atoms with E-state index in [0.29, 0.717) is 17.3 Å². The van der Waals surface area contributed by atoms with Crippen molar-refractivity contribution in [1.82, 2.24) is 0 Å². The minimum Gasteiger partial charge on any atom is -0.478 e. The van der Waals surface area contributed by atoms with Crippen LogP contribution in [0.1, 0.15) is 21.5 Å². The van der Waals surface area contributed by atoms with Gasteiger partial charge in [0.15, 0.2) is 0 Å². The summed E-state index contributed by atoms with van der Waals surface area (Å²) in [6.45, 7) is 2.39. The van der Waals surface area contributed by atoms with E-state index in [1.54, 1.807) is 13.0 Å². The fourth-order valence-electron chi connectivity index (χ4n) is 2.15. The molecule has 4 nitrogen and oxygen atoms in total. The summed E-state index contributed by atoms with van der Waals surface area (Å²) in [6.07, 6.45) is 0. The number of carboxylic acid groups (broad SMARTS) is 1. The van der Waals surface area contributed by atoms with Crippen LogP contribution in [0.15, 0.2) is 36.4 Å². The molecule has 2 aromatic carbocycles. The van der Waals surface area contributed by atoms with Gasteiger partial charge in [-0.05, 0) is 36.2 Å². The van der Waals surface area contributed by atoms with Crippen molar-refractivity contribution in [3.8, 4) is 0 Å². The molecule has 110 valence electrons. The molecule has 2 aromatic rings. The summed E-state index contributed by atoms with van der Waals surface area (Å²) in [4.78, 5) is 13.2. The fourth-order valence-corrected chi connectivity index (χ4v) is 2.35. The van der Waals surface area contributed by atoms with Crippen LogP contribution in [-0.4, -0.2) is 18.1 Å². The van der Waals surface area contributed by atoms with Crippen molar-refractivity contribution in [1.29, 1.82) is 0 Å². The number of aromatic carboxylic acids is 1. The number of rotatable bonds is 4. The normalized spacial score (nSPS) is 10.4. The Morgan fingerprint density at radius 2 is 2.00 bits per heavy atom. The van der Waals surface area contributed by atoms with E-state index >= 15 is 0 Å². The number of carboxylic acids is 1. The van der Waals surface area contributed by atoms with E-state index in [1.807, 2.05) is 42.3 Å². The van der Waals surface area contributed by atoms with Crippen LogP contribution in [0.2, 0.25) is 5.02 Å². The zero-order valence-corrected chi connectivity index (χ0v) is 12.7. The summed E-state index contributed by atoms with van der Waals surface area (Å²) in [5, 5.41) is 9.90. The van der Waals surface area contributed by atoms with Gasteiger partial charge in [0.05, 0.1) is 5.56 Å². The van der Waals surface area contributed by atoms with Crippen LogP contribution in [-0.2, 0) is 6.54 Å². The second kappa shape index (κ2) is 6.06. The molecule has 5 heteroatoms.